The average molecular weight is 239 g/mol. The van der Waals surface area contributed by atoms with Gasteiger partial charge in [0, 0.05) is 5.56 Å². The van der Waals surface area contributed by atoms with E-state index in [1.165, 1.54) is 0 Å². The van der Waals surface area contributed by atoms with Gasteiger partial charge in [-0.1, -0.05) is 0 Å². The number of ether oxygens (including phenoxy) is 1. The third-order valence-corrected chi connectivity index (χ3v) is 3.64. The molecule has 1 unspecified atom stereocenters. The Morgan fingerprint density at radius 3 is 2.75 bits per heavy atom. The second-order valence-electron chi connectivity index (χ2n) is 3.92. The molecule has 5 heteroatoms. The van der Waals surface area contributed by atoms with E-state index in [0.29, 0.717) is 11.7 Å². The number of nitrogens with zero attached hydrogens (tertiary/aromatic N) is 2. The Labute approximate surface area is 100.0 Å². The van der Waals surface area contributed by atoms with Crippen LogP contribution in [-0.2, 0) is 12.8 Å². The van der Waals surface area contributed by atoms with Crippen LogP contribution < -0.4 is 10.5 Å². The van der Waals surface area contributed by atoms with E-state index in [-0.39, 0.29) is 6.04 Å². The van der Waals surface area contributed by atoms with Crippen molar-refractivity contribution in [2.75, 3.05) is 18.6 Å². The van der Waals surface area contributed by atoms with Gasteiger partial charge in [0.2, 0.25) is 5.88 Å². The van der Waals surface area contributed by atoms with Crippen molar-refractivity contribution in [1.29, 1.82) is 0 Å². The van der Waals surface area contributed by atoms with Gasteiger partial charge in [0.05, 0.1) is 18.8 Å². The minimum Gasteiger partial charge on any atom is -0.481 e. The standard InChI is InChI=1S/C11H17N3OS/c1-7(12)10-13-9-4-6-16-5-3-8(9)11(14-10)15-2/h7H,3-6,12H2,1-2H3. The quantitative estimate of drug-likeness (QED) is 0.844. The lowest BCUT2D eigenvalue weighted by Gasteiger charge is -2.13. The average Bonchev–Trinajstić information content (AvgIpc) is 2.52. The lowest BCUT2D eigenvalue weighted by molar-refractivity contribution is 0.387. The molecule has 0 fully saturated rings. The van der Waals surface area contributed by atoms with Crippen molar-refractivity contribution in [3.8, 4) is 5.88 Å². The fraction of sp³-hybridized carbons (Fsp3) is 0.636. The molecule has 0 bridgehead atoms. The molecule has 0 spiro atoms. The first-order chi connectivity index (χ1) is 7.72. The van der Waals surface area contributed by atoms with Gasteiger partial charge in [-0.2, -0.15) is 16.7 Å². The molecule has 2 N–H and O–H groups in total. The van der Waals surface area contributed by atoms with Gasteiger partial charge >= 0.3 is 0 Å². The molecule has 0 saturated heterocycles. The molecular formula is C11H17N3OS. The first-order valence-electron chi connectivity index (χ1n) is 5.49. The summed E-state index contributed by atoms with van der Waals surface area (Å²) in [4.78, 5) is 8.93. The predicted molar refractivity (Wildman–Crippen MR) is 65.9 cm³/mol. The summed E-state index contributed by atoms with van der Waals surface area (Å²) in [5.74, 6) is 3.62. The Kier molecular flexibility index (Phi) is 3.66. The van der Waals surface area contributed by atoms with Crippen LogP contribution in [0.25, 0.3) is 0 Å². The van der Waals surface area contributed by atoms with Crippen LogP contribution in [0.3, 0.4) is 0 Å². The Hall–Kier alpha value is -0.810. The van der Waals surface area contributed by atoms with Crippen molar-refractivity contribution in [2.45, 2.75) is 25.8 Å². The van der Waals surface area contributed by atoms with E-state index < -0.39 is 0 Å². The van der Waals surface area contributed by atoms with Crippen molar-refractivity contribution >= 4 is 11.8 Å². The molecule has 0 amide bonds. The molecule has 1 aromatic rings. The lowest BCUT2D eigenvalue weighted by Crippen LogP contribution is -2.14. The van der Waals surface area contributed by atoms with E-state index in [2.05, 4.69) is 9.97 Å². The van der Waals surface area contributed by atoms with Crippen molar-refractivity contribution in [3.05, 3.63) is 17.1 Å². The number of hydrogen-bond donors (Lipinski definition) is 1. The minimum atomic E-state index is -0.143. The van der Waals surface area contributed by atoms with Crippen molar-refractivity contribution in [2.24, 2.45) is 5.73 Å². The van der Waals surface area contributed by atoms with Gasteiger partial charge < -0.3 is 10.5 Å². The topological polar surface area (TPSA) is 61.0 Å². The van der Waals surface area contributed by atoms with Gasteiger partial charge in [-0.3, -0.25) is 0 Å². The van der Waals surface area contributed by atoms with Crippen molar-refractivity contribution < 1.29 is 4.74 Å². The molecule has 0 radical (unpaired) electrons. The summed E-state index contributed by atoms with van der Waals surface area (Å²) < 4.78 is 5.34. The van der Waals surface area contributed by atoms with Gasteiger partial charge in [0.25, 0.3) is 0 Å². The molecule has 0 aromatic carbocycles. The van der Waals surface area contributed by atoms with Crippen LogP contribution in [0.2, 0.25) is 0 Å². The molecule has 88 valence electrons. The molecule has 2 heterocycles. The molecule has 1 aliphatic rings. The molecule has 1 atom stereocenters. The van der Waals surface area contributed by atoms with E-state index in [1.807, 2.05) is 18.7 Å². The number of aryl methyl sites for hydroxylation is 1. The number of methoxy groups -OCH3 is 1. The smallest absolute Gasteiger partial charge is 0.219 e. The summed E-state index contributed by atoms with van der Waals surface area (Å²) in [7, 11) is 1.66. The van der Waals surface area contributed by atoms with Gasteiger partial charge in [-0.15, -0.1) is 0 Å². The summed E-state index contributed by atoms with van der Waals surface area (Å²) >= 11 is 1.95. The summed E-state index contributed by atoms with van der Waals surface area (Å²) in [5.41, 5.74) is 8.10. The van der Waals surface area contributed by atoms with Crippen molar-refractivity contribution in [1.82, 2.24) is 9.97 Å². The maximum atomic E-state index is 5.82. The van der Waals surface area contributed by atoms with E-state index in [0.717, 1.165) is 35.6 Å². The normalized spacial score (nSPS) is 17.4. The summed E-state index contributed by atoms with van der Waals surface area (Å²) in [6.45, 7) is 1.90. The molecule has 1 aliphatic heterocycles. The molecule has 0 aliphatic carbocycles. The molecular weight excluding hydrogens is 222 g/mol. The zero-order chi connectivity index (χ0) is 11.5. The Balaban J connectivity index is 2.46. The van der Waals surface area contributed by atoms with Crippen LogP contribution in [0.5, 0.6) is 5.88 Å². The Morgan fingerprint density at radius 2 is 2.06 bits per heavy atom. The van der Waals surface area contributed by atoms with Gasteiger partial charge in [-0.05, 0) is 31.3 Å². The highest BCUT2D eigenvalue weighted by molar-refractivity contribution is 7.99. The Bertz CT molecular complexity index is 382. The molecule has 16 heavy (non-hydrogen) atoms. The maximum Gasteiger partial charge on any atom is 0.219 e. The minimum absolute atomic E-state index is 0.143. The molecule has 1 aromatic heterocycles. The largest absolute Gasteiger partial charge is 0.481 e. The van der Waals surface area contributed by atoms with Gasteiger partial charge in [-0.25, -0.2) is 4.98 Å². The highest BCUT2D eigenvalue weighted by Crippen LogP contribution is 2.26. The van der Waals surface area contributed by atoms with Crippen LogP contribution in [0.15, 0.2) is 0 Å². The zero-order valence-corrected chi connectivity index (χ0v) is 10.5. The lowest BCUT2D eigenvalue weighted by atomic mass is 10.1. The van der Waals surface area contributed by atoms with Gasteiger partial charge in [0.15, 0.2) is 0 Å². The van der Waals surface area contributed by atoms with Crippen LogP contribution in [-0.4, -0.2) is 28.6 Å². The molecule has 2 rings (SSSR count). The van der Waals surface area contributed by atoms with Crippen LogP contribution in [0, 0.1) is 0 Å². The Morgan fingerprint density at radius 1 is 1.31 bits per heavy atom. The van der Waals surface area contributed by atoms with Gasteiger partial charge in [0.1, 0.15) is 5.82 Å². The van der Waals surface area contributed by atoms with Crippen LogP contribution in [0.4, 0.5) is 0 Å². The molecule has 4 nitrogen and oxygen atoms in total. The monoisotopic (exact) mass is 239 g/mol. The number of rotatable bonds is 2. The first kappa shape index (κ1) is 11.7. The number of aromatic nitrogens is 2. The van der Waals surface area contributed by atoms with Crippen LogP contribution in [0.1, 0.15) is 30.0 Å². The fourth-order valence-corrected chi connectivity index (χ4v) is 2.69. The SMILES string of the molecule is COc1nc(C(C)N)nc2c1CCSCC2. The third-order valence-electron chi connectivity index (χ3n) is 2.65. The number of thioether (sulfide) groups is 1. The van der Waals surface area contributed by atoms with Crippen LogP contribution >= 0.6 is 11.8 Å². The number of hydrogen-bond acceptors (Lipinski definition) is 5. The third kappa shape index (κ3) is 2.30. The second-order valence-corrected chi connectivity index (χ2v) is 5.14. The summed E-state index contributed by atoms with van der Waals surface area (Å²) in [6, 6.07) is -0.143. The first-order valence-corrected chi connectivity index (χ1v) is 6.65. The molecule has 0 saturated carbocycles. The van der Waals surface area contributed by atoms with E-state index in [4.69, 9.17) is 10.5 Å². The predicted octanol–water partition coefficient (Wildman–Crippen LogP) is 1.34. The van der Waals surface area contributed by atoms with E-state index in [1.54, 1.807) is 7.11 Å². The van der Waals surface area contributed by atoms with E-state index in [9.17, 15) is 0 Å². The maximum absolute atomic E-state index is 5.82. The van der Waals surface area contributed by atoms with E-state index >= 15 is 0 Å². The zero-order valence-electron chi connectivity index (χ0n) is 9.69. The summed E-state index contributed by atoms with van der Waals surface area (Å²) in [5, 5.41) is 0. The fourth-order valence-electron chi connectivity index (χ4n) is 1.80. The second kappa shape index (κ2) is 5.01. The highest BCUT2D eigenvalue weighted by Gasteiger charge is 2.18. The number of fused-ring (bicyclic) bond motifs is 1. The highest BCUT2D eigenvalue weighted by atomic mass is 32.2. The number of nitrogens with two attached hydrogens (primary N) is 1. The summed E-state index contributed by atoms with van der Waals surface area (Å²) in [6.07, 6.45) is 1.97. The van der Waals surface area contributed by atoms with Crippen molar-refractivity contribution in [3.63, 3.8) is 0 Å².